The first-order valence-corrected chi connectivity index (χ1v) is 8.29. The minimum Gasteiger partial charge on any atom is -0.478 e. The number of carbonyl (C=O) groups is 2. The highest BCUT2D eigenvalue weighted by Gasteiger charge is 2.18. The maximum absolute atomic E-state index is 12.8. The second-order valence-corrected chi connectivity index (χ2v) is 5.76. The Morgan fingerprint density at radius 1 is 0.875 bits per heavy atom. The molecule has 0 aromatic heterocycles. The first-order chi connectivity index (χ1) is 11.6. The first kappa shape index (κ1) is 17.7. The average molecular weight is 325 g/mol. The van der Waals surface area contributed by atoms with Gasteiger partial charge in [0.25, 0.3) is 5.91 Å². The number of amides is 1. The van der Waals surface area contributed by atoms with E-state index in [4.69, 9.17) is 0 Å². The monoisotopic (exact) mass is 325 g/mol. The Balaban J connectivity index is 2.47. The fourth-order valence-electron chi connectivity index (χ4n) is 2.71. The quantitative estimate of drug-likeness (QED) is 0.825. The molecule has 0 unspecified atom stereocenters. The van der Waals surface area contributed by atoms with Crippen molar-refractivity contribution < 1.29 is 14.7 Å². The van der Waals surface area contributed by atoms with Gasteiger partial charge in [0.1, 0.15) is 0 Å². The van der Waals surface area contributed by atoms with Crippen LogP contribution in [-0.4, -0.2) is 35.0 Å². The van der Waals surface area contributed by atoms with E-state index in [1.807, 2.05) is 44.2 Å². The van der Waals surface area contributed by atoms with E-state index in [1.165, 1.54) is 6.07 Å². The van der Waals surface area contributed by atoms with E-state index >= 15 is 0 Å². The van der Waals surface area contributed by atoms with Gasteiger partial charge in [-0.1, -0.05) is 44.2 Å². The number of benzene rings is 2. The summed E-state index contributed by atoms with van der Waals surface area (Å²) >= 11 is 0. The Labute approximate surface area is 142 Å². The Hall–Kier alpha value is -2.62. The molecule has 24 heavy (non-hydrogen) atoms. The summed E-state index contributed by atoms with van der Waals surface area (Å²) in [5.74, 6) is -1.14. The molecule has 0 saturated heterocycles. The fraction of sp³-hybridized carbons (Fsp3) is 0.300. The number of carboxylic acid groups (broad SMARTS) is 1. The summed E-state index contributed by atoms with van der Waals surface area (Å²) in [6.07, 6.45) is 1.74. The molecule has 0 aliphatic rings. The molecule has 1 N–H and O–H groups in total. The van der Waals surface area contributed by atoms with Crippen molar-refractivity contribution in [3.8, 4) is 11.1 Å². The van der Waals surface area contributed by atoms with Crippen molar-refractivity contribution >= 4 is 11.9 Å². The van der Waals surface area contributed by atoms with Crippen molar-refractivity contribution in [1.29, 1.82) is 0 Å². The molecular weight excluding hydrogens is 302 g/mol. The van der Waals surface area contributed by atoms with E-state index < -0.39 is 5.97 Å². The van der Waals surface area contributed by atoms with Gasteiger partial charge >= 0.3 is 5.97 Å². The standard InChI is InChI=1S/C20H23NO3/c1-3-10-21(11-4-2)19(22)17-12-16(13-18(14-17)20(23)24)15-8-6-5-7-9-15/h5-9,12-14H,3-4,10-11H2,1-2H3,(H,23,24). The van der Waals surface area contributed by atoms with E-state index in [2.05, 4.69) is 0 Å². The van der Waals surface area contributed by atoms with E-state index in [9.17, 15) is 14.7 Å². The molecule has 0 heterocycles. The molecule has 0 aliphatic carbocycles. The number of hydrogen-bond donors (Lipinski definition) is 1. The minimum atomic E-state index is -1.03. The third-order valence-corrected chi connectivity index (χ3v) is 3.81. The second-order valence-electron chi connectivity index (χ2n) is 5.76. The van der Waals surface area contributed by atoms with Crippen LogP contribution in [0.4, 0.5) is 0 Å². The Kier molecular flexibility index (Phi) is 6.13. The lowest BCUT2D eigenvalue weighted by Crippen LogP contribution is -2.32. The molecule has 0 atom stereocenters. The van der Waals surface area contributed by atoms with Crippen molar-refractivity contribution in [2.75, 3.05) is 13.1 Å². The summed E-state index contributed by atoms with van der Waals surface area (Å²) in [6.45, 7) is 5.40. The van der Waals surface area contributed by atoms with Gasteiger partial charge in [-0.2, -0.15) is 0 Å². The van der Waals surface area contributed by atoms with Gasteiger partial charge in [0.15, 0.2) is 0 Å². The summed E-state index contributed by atoms with van der Waals surface area (Å²) in [7, 11) is 0. The van der Waals surface area contributed by atoms with E-state index in [0.717, 1.165) is 24.0 Å². The van der Waals surface area contributed by atoms with Gasteiger partial charge in [-0.3, -0.25) is 4.79 Å². The number of aromatic carboxylic acids is 1. The second kappa shape index (κ2) is 8.29. The normalized spacial score (nSPS) is 10.4. The molecule has 126 valence electrons. The predicted molar refractivity (Wildman–Crippen MR) is 95.3 cm³/mol. The van der Waals surface area contributed by atoms with Gasteiger partial charge in [0, 0.05) is 18.7 Å². The highest BCUT2D eigenvalue weighted by Crippen LogP contribution is 2.23. The highest BCUT2D eigenvalue weighted by atomic mass is 16.4. The minimum absolute atomic E-state index is 0.112. The van der Waals surface area contributed by atoms with Crippen molar-refractivity contribution in [3.63, 3.8) is 0 Å². The molecule has 1 amide bonds. The molecular formula is C20H23NO3. The smallest absolute Gasteiger partial charge is 0.335 e. The first-order valence-electron chi connectivity index (χ1n) is 8.29. The lowest BCUT2D eigenvalue weighted by Gasteiger charge is -2.22. The van der Waals surface area contributed by atoms with Crippen LogP contribution in [0.1, 0.15) is 47.4 Å². The predicted octanol–water partition coefficient (Wildman–Crippen LogP) is 4.31. The zero-order chi connectivity index (χ0) is 17.5. The number of nitrogens with zero attached hydrogens (tertiary/aromatic N) is 1. The number of carboxylic acids is 1. The molecule has 2 rings (SSSR count). The van der Waals surface area contributed by atoms with Gasteiger partial charge in [-0.25, -0.2) is 4.79 Å². The van der Waals surface area contributed by atoms with Crippen LogP contribution >= 0.6 is 0 Å². The van der Waals surface area contributed by atoms with Crippen LogP contribution in [-0.2, 0) is 0 Å². The van der Waals surface area contributed by atoms with Gasteiger partial charge in [-0.05, 0) is 42.2 Å². The third kappa shape index (κ3) is 4.22. The van der Waals surface area contributed by atoms with E-state index in [-0.39, 0.29) is 11.5 Å². The highest BCUT2D eigenvalue weighted by molar-refractivity contribution is 5.99. The Morgan fingerprint density at radius 2 is 1.46 bits per heavy atom. The molecule has 2 aromatic rings. The lowest BCUT2D eigenvalue weighted by molar-refractivity contribution is 0.0697. The van der Waals surface area contributed by atoms with Crippen molar-refractivity contribution in [3.05, 3.63) is 59.7 Å². The molecule has 0 radical (unpaired) electrons. The lowest BCUT2D eigenvalue weighted by atomic mass is 9.99. The maximum Gasteiger partial charge on any atom is 0.335 e. The maximum atomic E-state index is 12.8. The van der Waals surface area contributed by atoms with Crippen molar-refractivity contribution in [1.82, 2.24) is 4.90 Å². The van der Waals surface area contributed by atoms with Crippen LogP contribution in [0.3, 0.4) is 0 Å². The van der Waals surface area contributed by atoms with Gasteiger partial charge in [0.2, 0.25) is 0 Å². The average Bonchev–Trinajstić information content (AvgIpc) is 2.61. The number of carbonyl (C=O) groups excluding carboxylic acids is 1. The van der Waals surface area contributed by atoms with Crippen LogP contribution in [0.25, 0.3) is 11.1 Å². The summed E-state index contributed by atoms with van der Waals surface area (Å²) in [5, 5.41) is 9.38. The van der Waals surface area contributed by atoms with Crippen molar-refractivity contribution in [2.24, 2.45) is 0 Å². The zero-order valence-electron chi connectivity index (χ0n) is 14.2. The van der Waals surface area contributed by atoms with Crippen LogP contribution in [0, 0.1) is 0 Å². The zero-order valence-corrected chi connectivity index (χ0v) is 14.2. The molecule has 0 fully saturated rings. The largest absolute Gasteiger partial charge is 0.478 e. The van der Waals surface area contributed by atoms with Crippen LogP contribution in [0.2, 0.25) is 0 Å². The SMILES string of the molecule is CCCN(CCC)C(=O)c1cc(C(=O)O)cc(-c2ccccc2)c1. The van der Waals surface area contributed by atoms with E-state index in [1.54, 1.807) is 17.0 Å². The Morgan fingerprint density at radius 3 is 2.00 bits per heavy atom. The van der Waals surface area contributed by atoms with Gasteiger partial charge in [-0.15, -0.1) is 0 Å². The summed E-state index contributed by atoms with van der Waals surface area (Å²) in [5.41, 5.74) is 2.20. The summed E-state index contributed by atoms with van der Waals surface area (Å²) < 4.78 is 0. The van der Waals surface area contributed by atoms with E-state index in [0.29, 0.717) is 18.7 Å². The third-order valence-electron chi connectivity index (χ3n) is 3.81. The molecule has 4 heteroatoms. The number of hydrogen-bond acceptors (Lipinski definition) is 2. The van der Waals surface area contributed by atoms with Crippen molar-refractivity contribution in [2.45, 2.75) is 26.7 Å². The Bertz CT molecular complexity index is 704. The molecule has 4 nitrogen and oxygen atoms in total. The summed E-state index contributed by atoms with van der Waals surface area (Å²) in [6, 6.07) is 14.4. The topological polar surface area (TPSA) is 57.6 Å². The molecule has 0 bridgehead atoms. The molecule has 0 saturated carbocycles. The van der Waals surface area contributed by atoms with Gasteiger partial charge in [0.05, 0.1) is 5.56 Å². The van der Waals surface area contributed by atoms with Gasteiger partial charge < -0.3 is 10.0 Å². The summed E-state index contributed by atoms with van der Waals surface area (Å²) in [4.78, 5) is 26.1. The molecule has 2 aromatic carbocycles. The molecule has 0 aliphatic heterocycles. The molecule has 0 spiro atoms. The fourth-order valence-corrected chi connectivity index (χ4v) is 2.71. The van der Waals surface area contributed by atoms with Crippen LogP contribution in [0.15, 0.2) is 48.5 Å². The van der Waals surface area contributed by atoms with Crippen LogP contribution in [0.5, 0.6) is 0 Å². The van der Waals surface area contributed by atoms with Crippen LogP contribution < -0.4 is 0 Å². The number of rotatable bonds is 7.